The maximum absolute atomic E-state index is 11.3. The maximum atomic E-state index is 11.3. The second-order valence-electron chi connectivity index (χ2n) is 4.04. The van der Waals surface area contributed by atoms with Crippen molar-refractivity contribution in [2.24, 2.45) is 0 Å². The highest BCUT2D eigenvalue weighted by atomic mass is 35.5. The second kappa shape index (κ2) is 5.71. The van der Waals surface area contributed by atoms with Gasteiger partial charge in [0.15, 0.2) is 6.04 Å². The van der Waals surface area contributed by atoms with Gasteiger partial charge in [-0.3, -0.25) is 4.79 Å². The number of benzene rings is 2. The van der Waals surface area contributed by atoms with Crippen LogP contribution in [-0.4, -0.2) is 22.9 Å². The SMILES string of the molecule is O=C(CCl)NC(C(=O)O)c1cccc2ccccc12. The van der Waals surface area contributed by atoms with Crippen LogP contribution >= 0.6 is 11.6 Å². The Balaban J connectivity index is 2.50. The van der Waals surface area contributed by atoms with Crippen LogP contribution in [0.15, 0.2) is 42.5 Å². The van der Waals surface area contributed by atoms with Gasteiger partial charge in [0.1, 0.15) is 5.88 Å². The van der Waals surface area contributed by atoms with Gasteiger partial charge in [-0.25, -0.2) is 4.79 Å². The van der Waals surface area contributed by atoms with Crippen LogP contribution in [0, 0.1) is 0 Å². The smallest absolute Gasteiger partial charge is 0.330 e. The number of carboxylic acids is 1. The van der Waals surface area contributed by atoms with E-state index < -0.39 is 17.9 Å². The molecule has 0 aliphatic carbocycles. The van der Waals surface area contributed by atoms with Crippen molar-refractivity contribution in [1.29, 1.82) is 0 Å². The van der Waals surface area contributed by atoms with E-state index in [9.17, 15) is 14.7 Å². The van der Waals surface area contributed by atoms with Crippen molar-refractivity contribution in [3.05, 3.63) is 48.0 Å². The zero-order valence-electron chi connectivity index (χ0n) is 9.97. The summed E-state index contributed by atoms with van der Waals surface area (Å²) in [6.07, 6.45) is 0. The zero-order valence-corrected chi connectivity index (χ0v) is 10.7. The van der Waals surface area contributed by atoms with Gasteiger partial charge in [0.2, 0.25) is 5.91 Å². The van der Waals surface area contributed by atoms with Crippen molar-refractivity contribution in [3.8, 4) is 0 Å². The Bertz CT molecular complexity index is 622. The molecular formula is C14H12ClNO3. The summed E-state index contributed by atoms with van der Waals surface area (Å²) in [7, 11) is 0. The molecule has 0 bridgehead atoms. The topological polar surface area (TPSA) is 66.4 Å². The minimum atomic E-state index is -1.12. The van der Waals surface area contributed by atoms with Crippen molar-refractivity contribution in [2.75, 3.05) is 5.88 Å². The average Bonchev–Trinajstić information content (AvgIpc) is 2.43. The monoisotopic (exact) mass is 277 g/mol. The number of alkyl halides is 1. The summed E-state index contributed by atoms with van der Waals surface area (Å²) in [6, 6.07) is 11.7. The summed E-state index contributed by atoms with van der Waals surface area (Å²) in [5.74, 6) is -1.90. The summed E-state index contributed by atoms with van der Waals surface area (Å²) in [4.78, 5) is 22.7. The fraction of sp³-hybridized carbons (Fsp3) is 0.143. The minimum Gasteiger partial charge on any atom is -0.479 e. The number of halogens is 1. The van der Waals surface area contributed by atoms with Crippen LogP contribution in [0.4, 0.5) is 0 Å². The molecule has 2 rings (SSSR count). The molecule has 0 spiro atoms. The lowest BCUT2D eigenvalue weighted by molar-refractivity contribution is -0.141. The Morgan fingerprint density at radius 3 is 2.53 bits per heavy atom. The average molecular weight is 278 g/mol. The van der Waals surface area contributed by atoms with Crippen molar-refractivity contribution >= 4 is 34.2 Å². The summed E-state index contributed by atoms with van der Waals surface area (Å²) < 4.78 is 0. The van der Waals surface area contributed by atoms with Gasteiger partial charge in [0, 0.05) is 0 Å². The molecule has 0 aliphatic heterocycles. The molecule has 1 amide bonds. The summed E-state index contributed by atoms with van der Waals surface area (Å²) >= 11 is 5.40. The number of nitrogens with one attached hydrogen (secondary N) is 1. The zero-order chi connectivity index (χ0) is 13.8. The molecule has 0 saturated carbocycles. The van der Waals surface area contributed by atoms with Crippen LogP contribution in [-0.2, 0) is 9.59 Å². The molecule has 0 radical (unpaired) electrons. The maximum Gasteiger partial charge on any atom is 0.330 e. The van der Waals surface area contributed by atoms with Crippen LogP contribution < -0.4 is 5.32 Å². The Labute approximate surface area is 115 Å². The molecule has 1 atom stereocenters. The van der Waals surface area contributed by atoms with E-state index in [2.05, 4.69) is 5.32 Å². The van der Waals surface area contributed by atoms with E-state index in [0.717, 1.165) is 10.8 Å². The first-order valence-corrected chi connectivity index (χ1v) is 6.22. The molecule has 2 N–H and O–H groups in total. The van der Waals surface area contributed by atoms with Crippen LogP contribution in [0.3, 0.4) is 0 Å². The summed E-state index contributed by atoms with van der Waals surface area (Å²) in [6.45, 7) is 0. The molecule has 4 nitrogen and oxygen atoms in total. The fourth-order valence-electron chi connectivity index (χ4n) is 1.97. The van der Waals surface area contributed by atoms with Crippen LogP contribution in [0.5, 0.6) is 0 Å². The lowest BCUT2D eigenvalue weighted by atomic mass is 9.99. The first-order valence-electron chi connectivity index (χ1n) is 5.69. The van der Waals surface area contributed by atoms with Crippen molar-refractivity contribution < 1.29 is 14.7 Å². The van der Waals surface area contributed by atoms with Crippen LogP contribution in [0.1, 0.15) is 11.6 Å². The molecule has 2 aromatic rings. The number of carbonyl (C=O) groups is 2. The van der Waals surface area contributed by atoms with Crippen molar-refractivity contribution in [1.82, 2.24) is 5.32 Å². The molecule has 2 aromatic carbocycles. The Morgan fingerprint density at radius 1 is 1.16 bits per heavy atom. The third kappa shape index (κ3) is 2.85. The highest BCUT2D eigenvalue weighted by Gasteiger charge is 2.23. The first-order chi connectivity index (χ1) is 9.13. The number of hydrogen-bond donors (Lipinski definition) is 2. The molecule has 98 valence electrons. The molecule has 0 aliphatic rings. The normalized spacial score (nSPS) is 12.1. The van der Waals surface area contributed by atoms with E-state index in [0.29, 0.717) is 5.56 Å². The number of carbonyl (C=O) groups excluding carboxylic acids is 1. The molecule has 0 heterocycles. The number of rotatable bonds is 4. The molecule has 0 saturated heterocycles. The van der Waals surface area contributed by atoms with Gasteiger partial charge in [-0.15, -0.1) is 11.6 Å². The number of aliphatic carboxylic acids is 1. The van der Waals surface area contributed by atoms with E-state index in [1.165, 1.54) is 0 Å². The van der Waals surface area contributed by atoms with Gasteiger partial charge in [-0.1, -0.05) is 42.5 Å². The molecule has 1 unspecified atom stereocenters. The summed E-state index contributed by atoms with van der Waals surface area (Å²) in [5, 5.41) is 13.4. The largest absolute Gasteiger partial charge is 0.479 e. The third-order valence-corrected chi connectivity index (χ3v) is 3.05. The van der Waals surface area contributed by atoms with E-state index >= 15 is 0 Å². The van der Waals surface area contributed by atoms with Crippen molar-refractivity contribution in [3.63, 3.8) is 0 Å². The predicted octanol–water partition coefficient (Wildman–Crippen LogP) is 2.32. The van der Waals surface area contributed by atoms with Gasteiger partial charge in [0.05, 0.1) is 0 Å². The Kier molecular flexibility index (Phi) is 4.02. The lowest BCUT2D eigenvalue weighted by Gasteiger charge is -2.16. The van der Waals surface area contributed by atoms with Gasteiger partial charge in [0.25, 0.3) is 0 Å². The van der Waals surface area contributed by atoms with E-state index in [1.54, 1.807) is 12.1 Å². The van der Waals surface area contributed by atoms with Gasteiger partial charge in [-0.05, 0) is 16.3 Å². The fourth-order valence-corrected chi connectivity index (χ4v) is 2.05. The molecular weight excluding hydrogens is 266 g/mol. The van der Waals surface area contributed by atoms with E-state index in [4.69, 9.17) is 11.6 Å². The number of amides is 1. The molecule has 5 heteroatoms. The Morgan fingerprint density at radius 2 is 1.84 bits per heavy atom. The lowest BCUT2D eigenvalue weighted by Crippen LogP contribution is -2.34. The third-order valence-electron chi connectivity index (χ3n) is 2.81. The standard InChI is InChI=1S/C14H12ClNO3/c15-8-12(17)16-13(14(18)19)11-7-3-5-9-4-1-2-6-10(9)11/h1-7,13H,8H2,(H,16,17)(H,18,19). The van der Waals surface area contributed by atoms with Crippen molar-refractivity contribution in [2.45, 2.75) is 6.04 Å². The highest BCUT2D eigenvalue weighted by molar-refractivity contribution is 6.27. The molecule has 0 fully saturated rings. The van der Waals surface area contributed by atoms with Gasteiger partial charge < -0.3 is 10.4 Å². The van der Waals surface area contributed by atoms with Gasteiger partial charge >= 0.3 is 5.97 Å². The van der Waals surface area contributed by atoms with E-state index in [-0.39, 0.29) is 5.88 Å². The number of fused-ring (bicyclic) bond motifs is 1. The van der Waals surface area contributed by atoms with E-state index in [1.807, 2.05) is 30.3 Å². The number of carboxylic acid groups (broad SMARTS) is 1. The predicted molar refractivity (Wildman–Crippen MR) is 73.2 cm³/mol. The second-order valence-corrected chi connectivity index (χ2v) is 4.31. The van der Waals surface area contributed by atoms with Gasteiger partial charge in [-0.2, -0.15) is 0 Å². The number of hydrogen-bond acceptors (Lipinski definition) is 2. The van der Waals surface area contributed by atoms with Crippen LogP contribution in [0.2, 0.25) is 0 Å². The summed E-state index contributed by atoms with van der Waals surface area (Å²) in [5.41, 5.74) is 0.545. The first kappa shape index (κ1) is 13.4. The minimum absolute atomic E-state index is 0.269. The molecule has 0 aromatic heterocycles. The molecule has 19 heavy (non-hydrogen) atoms. The van der Waals surface area contributed by atoms with Crippen LogP contribution in [0.25, 0.3) is 10.8 Å². The highest BCUT2D eigenvalue weighted by Crippen LogP contribution is 2.24. The Hall–Kier alpha value is -2.07. The quantitative estimate of drug-likeness (QED) is 0.843.